The van der Waals surface area contributed by atoms with E-state index in [4.69, 9.17) is 15.0 Å². The smallest absolute Gasteiger partial charge is 0.166 e. The highest BCUT2D eigenvalue weighted by molar-refractivity contribution is 7.85. The van der Waals surface area contributed by atoms with Gasteiger partial charge >= 0.3 is 0 Å². The van der Waals surface area contributed by atoms with Gasteiger partial charge in [-0.3, -0.25) is 0 Å². The number of nitrogens with zero attached hydrogens (tertiary/aromatic N) is 6. The van der Waals surface area contributed by atoms with Gasteiger partial charge in [0.25, 0.3) is 0 Å². The van der Waals surface area contributed by atoms with Gasteiger partial charge in [0.15, 0.2) is 17.5 Å². The zero-order valence-corrected chi connectivity index (χ0v) is 34.4. The highest BCUT2D eigenvalue weighted by atomic mass is 32.2. The van der Waals surface area contributed by atoms with Gasteiger partial charge in [-0.15, -0.1) is 0 Å². The molecule has 1 aromatic heterocycles. The van der Waals surface area contributed by atoms with E-state index < -0.39 is 21.6 Å². The molecule has 0 bridgehead atoms. The standard InChI is InChI=1S/C52H32N6O2S2/c53-33-39-37(20-15-25-40(39)57-41-21-7-11-26-46(41)61(59)47-27-12-8-22-42(47)57)36-30-31-38(45(32-36)58-43-23-9-13-28-48(43)62(60)49-29-14-10-24-44(49)58)52-55-50(34-16-3-1-4-17-34)54-51(56-52)35-18-5-2-6-19-35/h1-32H. The first-order chi connectivity index (χ1) is 30.6. The molecule has 11 rings (SSSR count). The van der Waals surface area contributed by atoms with E-state index >= 15 is 0 Å². The van der Waals surface area contributed by atoms with Crippen molar-refractivity contribution in [1.29, 1.82) is 5.26 Å². The van der Waals surface area contributed by atoms with Crippen molar-refractivity contribution >= 4 is 55.7 Å². The minimum Gasteiger partial charge on any atom is -0.307 e. The number of nitriles is 1. The van der Waals surface area contributed by atoms with Crippen LogP contribution in [-0.2, 0) is 21.6 Å². The highest BCUT2D eigenvalue weighted by Crippen LogP contribution is 2.51. The molecule has 0 spiro atoms. The second-order valence-electron chi connectivity index (χ2n) is 14.7. The van der Waals surface area contributed by atoms with Gasteiger partial charge in [-0.1, -0.05) is 127 Å². The van der Waals surface area contributed by atoms with E-state index in [1.54, 1.807) is 0 Å². The predicted molar refractivity (Wildman–Crippen MR) is 245 cm³/mol. The Labute approximate surface area is 363 Å². The Kier molecular flexibility index (Phi) is 9.19. The lowest BCUT2D eigenvalue weighted by Crippen LogP contribution is -2.20. The molecule has 0 atom stereocenters. The molecule has 2 aliphatic rings. The summed E-state index contributed by atoms with van der Waals surface area (Å²) >= 11 is 0. The lowest BCUT2D eigenvalue weighted by Gasteiger charge is -2.34. The van der Waals surface area contributed by atoms with E-state index in [0.717, 1.165) is 45.1 Å². The molecule has 0 N–H and O–H groups in total. The fourth-order valence-corrected chi connectivity index (χ4v) is 11.0. The van der Waals surface area contributed by atoms with Crippen LogP contribution in [0.1, 0.15) is 5.56 Å². The van der Waals surface area contributed by atoms with Gasteiger partial charge in [0.2, 0.25) is 0 Å². The Balaban J connectivity index is 1.17. The van der Waals surface area contributed by atoms with Gasteiger partial charge in [0.1, 0.15) is 6.07 Å². The number of anilines is 6. The maximum Gasteiger partial charge on any atom is 0.166 e. The minimum absolute atomic E-state index is 0.446. The van der Waals surface area contributed by atoms with Crippen LogP contribution in [0.3, 0.4) is 0 Å². The molecule has 8 nitrogen and oxygen atoms in total. The Morgan fingerprint density at radius 1 is 0.371 bits per heavy atom. The number of hydrogen-bond donors (Lipinski definition) is 0. The maximum absolute atomic E-state index is 14.2. The summed E-state index contributed by atoms with van der Waals surface area (Å²) in [5.74, 6) is 1.49. The molecule has 0 radical (unpaired) electrons. The van der Waals surface area contributed by atoms with E-state index in [-0.39, 0.29) is 0 Å². The van der Waals surface area contributed by atoms with E-state index in [0.29, 0.717) is 59.4 Å². The van der Waals surface area contributed by atoms with Crippen molar-refractivity contribution in [2.75, 3.05) is 9.80 Å². The molecular weight excluding hydrogens is 805 g/mol. The summed E-state index contributed by atoms with van der Waals surface area (Å²) in [5, 5.41) is 11.1. The molecule has 294 valence electrons. The van der Waals surface area contributed by atoms with Crippen LogP contribution in [0, 0.1) is 11.3 Å². The second-order valence-corrected chi connectivity index (χ2v) is 17.5. The van der Waals surface area contributed by atoms with Crippen LogP contribution < -0.4 is 9.80 Å². The number of hydrogen-bond acceptors (Lipinski definition) is 8. The van der Waals surface area contributed by atoms with Gasteiger partial charge in [0.05, 0.1) is 80.9 Å². The van der Waals surface area contributed by atoms with Crippen molar-refractivity contribution in [3.63, 3.8) is 0 Å². The fraction of sp³-hybridized carbons (Fsp3) is 0. The van der Waals surface area contributed by atoms with Gasteiger partial charge in [-0.2, -0.15) is 5.26 Å². The van der Waals surface area contributed by atoms with Crippen molar-refractivity contribution in [1.82, 2.24) is 15.0 Å². The van der Waals surface area contributed by atoms with Crippen LogP contribution in [-0.4, -0.2) is 23.4 Å². The van der Waals surface area contributed by atoms with Crippen molar-refractivity contribution in [2.45, 2.75) is 19.6 Å². The van der Waals surface area contributed by atoms with Gasteiger partial charge in [0, 0.05) is 22.3 Å². The molecule has 0 amide bonds. The molecular formula is C52H32N6O2S2. The third-order valence-corrected chi connectivity index (χ3v) is 14.1. The molecule has 9 aromatic rings. The average molecular weight is 837 g/mol. The summed E-state index contributed by atoms with van der Waals surface area (Å²) in [6.45, 7) is 0. The maximum atomic E-state index is 14.2. The van der Waals surface area contributed by atoms with Crippen molar-refractivity contribution in [3.8, 4) is 51.4 Å². The molecule has 8 aromatic carbocycles. The molecule has 0 fully saturated rings. The first-order valence-electron chi connectivity index (χ1n) is 19.9. The van der Waals surface area contributed by atoms with Crippen molar-refractivity contribution < 1.29 is 8.42 Å². The number of para-hydroxylation sites is 4. The first-order valence-corrected chi connectivity index (χ1v) is 22.2. The summed E-state index contributed by atoms with van der Waals surface area (Å²) in [6.07, 6.45) is 0. The summed E-state index contributed by atoms with van der Waals surface area (Å²) in [5.41, 5.74) is 8.71. The van der Waals surface area contributed by atoms with Crippen LogP contribution in [0.25, 0.3) is 45.3 Å². The summed E-state index contributed by atoms with van der Waals surface area (Å²) in [4.78, 5) is 22.1. The molecule has 3 heterocycles. The zero-order valence-electron chi connectivity index (χ0n) is 32.8. The number of aromatic nitrogens is 3. The van der Waals surface area contributed by atoms with Crippen molar-refractivity contribution in [3.05, 3.63) is 200 Å². The minimum atomic E-state index is -1.44. The zero-order chi connectivity index (χ0) is 41.7. The predicted octanol–water partition coefficient (Wildman–Crippen LogP) is 12.3. The van der Waals surface area contributed by atoms with E-state index in [1.807, 2.05) is 193 Å². The summed E-state index contributed by atoms with van der Waals surface area (Å²) in [7, 11) is -2.83. The molecule has 0 aliphatic carbocycles. The fourth-order valence-electron chi connectivity index (χ4n) is 8.30. The van der Waals surface area contributed by atoms with Gasteiger partial charge in [-0.05, 0) is 72.3 Å². The van der Waals surface area contributed by atoms with Crippen LogP contribution in [0.5, 0.6) is 0 Å². The summed E-state index contributed by atoms with van der Waals surface area (Å²) < 4.78 is 28.0. The quantitative estimate of drug-likeness (QED) is 0.163. The molecule has 0 saturated heterocycles. The number of fused-ring (bicyclic) bond motifs is 4. The Morgan fingerprint density at radius 2 is 0.774 bits per heavy atom. The van der Waals surface area contributed by atoms with E-state index in [9.17, 15) is 13.7 Å². The van der Waals surface area contributed by atoms with Crippen molar-refractivity contribution in [2.24, 2.45) is 0 Å². The monoisotopic (exact) mass is 836 g/mol. The van der Waals surface area contributed by atoms with Crippen LogP contribution in [0.15, 0.2) is 214 Å². The van der Waals surface area contributed by atoms with Gasteiger partial charge in [-0.25, -0.2) is 23.4 Å². The molecule has 62 heavy (non-hydrogen) atoms. The van der Waals surface area contributed by atoms with Gasteiger partial charge < -0.3 is 9.80 Å². The SMILES string of the molecule is N#Cc1c(-c2ccc(-c3nc(-c4ccccc4)nc(-c4ccccc4)n3)c(N3c4ccccc4S(=O)c4ccccc43)c2)cccc1N1c2ccccc2S(=O)c2ccccc21. The molecule has 0 saturated carbocycles. The molecule has 0 unspecified atom stereocenters. The largest absolute Gasteiger partial charge is 0.307 e. The number of benzene rings is 8. The topological polar surface area (TPSA) is 103 Å². The van der Waals surface area contributed by atoms with Crippen LogP contribution in [0.2, 0.25) is 0 Å². The molecule has 10 heteroatoms. The Hall–Kier alpha value is -7.84. The highest BCUT2D eigenvalue weighted by Gasteiger charge is 2.33. The Morgan fingerprint density at radius 3 is 1.24 bits per heavy atom. The third-order valence-electron chi connectivity index (χ3n) is 11.1. The lowest BCUT2D eigenvalue weighted by atomic mass is 9.95. The average Bonchev–Trinajstić information content (AvgIpc) is 3.34. The van der Waals surface area contributed by atoms with Crippen LogP contribution >= 0.6 is 0 Å². The van der Waals surface area contributed by atoms with E-state index in [1.165, 1.54) is 0 Å². The lowest BCUT2D eigenvalue weighted by molar-refractivity contribution is 0.681. The first kappa shape index (κ1) is 37.2. The van der Waals surface area contributed by atoms with Crippen LogP contribution in [0.4, 0.5) is 34.1 Å². The molecule has 2 aliphatic heterocycles. The van der Waals surface area contributed by atoms with E-state index in [2.05, 4.69) is 17.0 Å². The number of rotatable bonds is 6. The second kappa shape index (κ2) is 15.3. The Bertz CT molecular complexity index is 3180. The summed E-state index contributed by atoms with van der Waals surface area (Å²) in [6, 6.07) is 64.9. The third kappa shape index (κ3) is 6.14. The normalized spacial score (nSPS) is 13.1.